The molecule has 0 fully saturated rings. The minimum atomic E-state index is 0. The van der Waals surface area contributed by atoms with Crippen LogP contribution in [-0.2, 0) is 6.42 Å². The van der Waals surface area contributed by atoms with Gasteiger partial charge < -0.3 is 5.11 Å². The molecule has 112 valence electrons. The van der Waals surface area contributed by atoms with E-state index in [-0.39, 0.29) is 12.4 Å². The van der Waals surface area contributed by atoms with Gasteiger partial charge in [-0.1, -0.05) is 42.5 Å². The summed E-state index contributed by atoms with van der Waals surface area (Å²) < 4.78 is 0. The van der Waals surface area contributed by atoms with E-state index in [2.05, 4.69) is 53.6 Å². The van der Waals surface area contributed by atoms with E-state index < -0.39 is 0 Å². The van der Waals surface area contributed by atoms with E-state index in [0.717, 1.165) is 16.3 Å². The van der Waals surface area contributed by atoms with E-state index in [1.54, 1.807) is 6.20 Å². The first-order chi connectivity index (χ1) is 10.8. The number of nitrogens with zero attached hydrogens (tertiary/aromatic N) is 1. The second kappa shape index (κ2) is 4.97. The van der Waals surface area contributed by atoms with Crippen molar-refractivity contribution in [3.63, 3.8) is 0 Å². The van der Waals surface area contributed by atoms with Crippen LogP contribution < -0.4 is 10.6 Å². The molecule has 0 atom stereocenters. The Bertz CT molecular complexity index is 1160. The molecule has 1 heterocycles. The molecule has 1 aliphatic carbocycles. The first kappa shape index (κ1) is 14.0. The molecule has 1 N–H and O–H groups in total. The van der Waals surface area contributed by atoms with Gasteiger partial charge in [0.1, 0.15) is 5.76 Å². The molecule has 0 radical (unpaired) electrons. The van der Waals surface area contributed by atoms with Crippen LogP contribution in [0.25, 0.3) is 33.7 Å². The number of rotatable bonds is 0. The maximum atomic E-state index is 9.89. The minimum absolute atomic E-state index is 0. The molecule has 0 spiro atoms. The lowest BCUT2D eigenvalue weighted by Gasteiger charge is -2.14. The third-order valence-electron chi connectivity index (χ3n) is 4.56. The van der Waals surface area contributed by atoms with Crippen LogP contribution in [0.5, 0.6) is 0 Å². The van der Waals surface area contributed by atoms with Crippen molar-refractivity contribution in [2.45, 2.75) is 6.42 Å². The van der Waals surface area contributed by atoms with Crippen LogP contribution in [0.2, 0.25) is 0 Å². The quantitative estimate of drug-likeness (QED) is 0.628. The summed E-state index contributed by atoms with van der Waals surface area (Å²) in [6.45, 7) is 0. The van der Waals surface area contributed by atoms with Gasteiger partial charge >= 0.3 is 0 Å². The fourth-order valence-electron chi connectivity index (χ4n) is 3.56. The van der Waals surface area contributed by atoms with E-state index in [4.69, 9.17) is 0 Å². The van der Waals surface area contributed by atoms with Gasteiger partial charge in [-0.2, -0.15) is 0 Å². The van der Waals surface area contributed by atoms with Crippen molar-refractivity contribution in [3.05, 3.63) is 76.1 Å². The average Bonchev–Trinajstić information content (AvgIpc) is 3.01. The third kappa shape index (κ3) is 1.92. The molecule has 0 bridgehead atoms. The van der Waals surface area contributed by atoms with Crippen LogP contribution in [0, 0.1) is 0 Å². The van der Waals surface area contributed by atoms with Crippen LogP contribution >= 0.6 is 12.4 Å². The fraction of sp³-hybridized carbons (Fsp3) is 0.0500. The molecule has 3 aromatic carbocycles. The summed E-state index contributed by atoms with van der Waals surface area (Å²) in [5.41, 5.74) is 2.38. The number of halogens is 1. The first-order valence-electron chi connectivity index (χ1n) is 7.43. The largest absolute Gasteiger partial charge is 0.510 e. The summed E-state index contributed by atoms with van der Waals surface area (Å²) in [5.74, 6) is 0.325. The van der Waals surface area contributed by atoms with Gasteiger partial charge in [0, 0.05) is 11.8 Å². The Labute approximate surface area is 139 Å². The van der Waals surface area contributed by atoms with Gasteiger partial charge in [0.25, 0.3) is 0 Å². The zero-order chi connectivity index (χ0) is 14.7. The van der Waals surface area contributed by atoms with Crippen molar-refractivity contribution < 1.29 is 5.11 Å². The highest BCUT2D eigenvalue weighted by molar-refractivity contribution is 6.09. The number of hydrogen-bond acceptors (Lipinski definition) is 2. The Hall–Kier alpha value is -2.58. The van der Waals surface area contributed by atoms with Crippen LogP contribution in [0.15, 0.2) is 59.4 Å². The van der Waals surface area contributed by atoms with Crippen LogP contribution in [-0.4, -0.2) is 5.11 Å². The molecule has 3 heteroatoms. The van der Waals surface area contributed by atoms with E-state index in [1.165, 1.54) is 26.9 Å². The second-order valence-electron chi connectivity index (χ2n) is 5.85. The molecule has 5 rings (SSSR count). The Morgan fingerprint density at radius 2 is 1.78 bits per heavy atom. The monoisotopic (exact) mass is 319 g/mol. The van der Waals surface area contributed by atoms with Crippen molar-refractivity contribution in [2.24, 2.45) is 4.99 Å². The fourth-order valence-corrected chi connectivity index (χ4v) is 3.56. The van der Waals surface area contributed by atoms with E-state index in [1.807, 2.05) is 6.07 Å². The van der Waals surface area contributed by atoms with Crippen molar-refractivity contribution in [1.29, 1.82) is 0 Å². The summed E-state index contributed by atoms with van der Waals surface area (Å²) in [5, 5.41) is 16.9. The van der Waals surface area contributed by atoms with Gasteiger partial charge in [-0.25, -0.2) is 0 Å². The Kier molecular flexibility index (Phi) is 3.03. The number of aliphatic hydroxyl groups is 1. The summed E-state index contributed by atoms with van der Waals surface area (Å²) in [7, 11) is 0. The lowest BCUT2D eigenvalue weighted by Crippen LogP contribution is -2.18. The molecule has 3 aromatic rings. The summed E-state index contributed by atoms with van der Waals surface area (Å²) in [6, 6.07) is 12.9. The normalized spacial score (nSPS) is 14.5. The topological polar surface area (TPSA) is 32.6 Å². The third-order valence-corrected chi connectivity index (χ3v) is 4.56. The Morgan fingerprint density at radius 1 is 0.957 bits per heavy atom. The molecular formula is C20H14ClNO. The number of benzene rings is 3. The molecule has 2 nitrogen and oxygen atoms in total. The van der Waals surface area contributed by atoms with Gasteiger partial charge in [-0.05, 0) is 44.6 Å². The van der Waals surface area contributed by atoms with Crippen LogP contribution in [0.4, 0.5) is 0 Å². The highest BCUT2D eigenvalue weighted by Gasteiger charge is 2.15. The zero-order valence-corrected chi connectivity index (χ0v) is 13.1. The molecule has 2 aliphatic rings. The molecular weight excluding hydrogens is 306 g/mol. The summed E-state index contributed by atoms with van der Waals surface area (Å²) in [6.07, 6.45) is 8.49. The maximum Gasteiger partial charge on any atom is 0.115 e. The van der Waals surface area contributed by atoms with Crippen LogP contribution in [0.1, 0.15) is 11.1 Å². The number of hydrogen-bond donors (Lipinski definition) is 1. The van der Waals surface area contributed by atoms with E-state index in [9.17, 15) is 5.11 Å². The van der Waals surface area contributed by atoms with Crippen molar-refractivity contribution in [1.82, 2.24) is 0 Å². The lowest BCUT2D eigenvalue weighted by molar-refractivity contribution is 0.394. The molecule has 0 aromatic heterocycles. The van der Waals surface area contributed by atoms with Gasteiger partial charge in [0.2, 0.25) is 0 Å². The van der Waals surface area contributed by atoms with E-state index in [0.29, 0.717) is 12.2 Å². The molecule has 0 amide bonds. The Balaban J connectivity index is 0.00000135. The lowest BCUT2D eigenvalue weighted by atomic mass is 9.92. The number of fused-ring (bicyclic) bond motifs is 7. The highest BCUT2D eigenvalue weighted by atomic mass is 35.5. The number of aliphatic hydroxyl groups excluding tert-OH is 1. The van der Waals surface area contributed by atoms with Gasteiger partial charge in [-0.15, -0.1) is 12.4 Å². The van der Waals surface area contributed by atoms with Crippen molar-refractivity contribution in [3.8, 4) is 0 Å². The molecule has 1 aliphatic heterocycles. The molecule has 0 saturated carbocycles. The standard InChI is InChI=1S/C20H13NO.ClH/c22-14-10-19-16-7-2-1-6-15(16)17-8-12-4-3-5-13(12)9-18(17)20(19)21-11-14;/h1-9,11,22H,10H2;1H. The van der Waals surface area contributed by atoms with E-state index >= 15 is 0 Å². The molecule has 0 saturated heterocycles. The zero-order valence-electron chi connectivity index (χ0n) is 12.3. The summed E-state index contributed by atoms with van der Waals surface area (Å²) in [4.78, 5) is 4.53. The SMILES string of the molecule is Cl.OC1=CN=c2c(c3ccccc3c3cc4c(cc23)=CC=C4)C1. The predicted octanol–water partition coefficient (Wildman–Crippen LogP) is 3.80. The van der Waals surface area contributed by atoms with Crippen LogP contribution in [0.3, 0.4) is 0 Å². The van der Waals surface area contributed by atoms with Crippen molar-refractivity contribution >= 4 is 46.1 Å². The molecule has 0 unspecified atom stereocenters. The van der Waals surface area contributed by atoms with Gasteiger partial charge in [0.15, 0.2) is 0 Å². The minimum Gasteiger partial charge on any atom is -0.510 e. The van der Waals surface area contributed by atoms with Crippen molar-refractivity contribution in [2.75, 3.05) is 0 Å². The second-order valence-corrected chi connectivity index (χ2v) is 5.85. The Morgan fingerprint density at radius 3 is 2.65 bits per heavy atom. The smallest absolute Gasteiger partial charge is 0.115 e. The maximum absolute atomic E-state index is 9.89. The highest BCUT2D eigenvalue weighted by Crippen LogP contribution is 2.28. The average molecular weight is 320 g/mol. The summed E-state index contributed by atoms with van der Waals surface area (Å²) >= 11 is 0. The number of allylic oxidation sites excluding steroid dienone is 2. The predicted molar refractivity (Wildman–Crippen MR) is 97.4 cm³/mol. The first-order valence-corrected chi connectivity index (χ1v) is 7.43. The molecule has 23 heavy (non-hydrogen) atoms. The van der Waals surface area contributed by atoms with Gasteiger partial charge in [0.05, 0.1) is 11.6 Å². The van der Waals surface area contributed by atoms with Gasteiger partial charge in [-0.3, -0.25) is 4.99 Å².